The molecule has 1 aliphatic rings. The number of alkyl halides is 3. The summed E-state index contributed by atoms with van der Waals surface area (Å²) >= 11 is 6.09. The van der Waals surface area contributed by atoms with Gasteiger partial charge in [0.2, 0.25) is 5.95 Å². The molecule has 1 fully saturated rings. The summed E-state index contributed by atoms with van der Waals surface area (Å²) in [5.74, 6) is 0.890. The van der Waals surface area contributed by atoms with Crippen LogP contribution in [0.2, 0.25) is 5.02 Å². The Morgan fingerprint density at radius 1 is 0.967 bits per heavy atom. The van der Waals surface area contributed by atoms with Gasteiger partial charge in [-0.3, -0.25) is 4.98 Å². The highest BCUT2D eigenvalue weighted by Gasteiger charge is 2.31. The predicted octanol–water partition coefficient (Wildman–Crippen LogP) is 6.31. The second kappa shape index (κ2) is 8.47. The molecule has 0 spiro atoms. The summed E-state index contributed by atoms with van der Waals surface area (Å²) in [6.07, 6.45) is 3.31. The largest absolute Gasteiger partial charge is 0.416 e. The standard InChI is InChI=1S/C21H19ClF3N5/c22-16-11-14(21(23,24)25)5-6-17(16)28-19-12-18(13-7-9-26-10-8-13)29-20(30-19)27-15-3-1-2-4-15/h5-12,15H,1-4H2,(H2,27,28,29,30). The molecule has 0 aliphatic heterocycles. The van der Waals surface area contributed by atoms with Gasteiger partial charge in [0.1, 0.15) is 5.82 Å². The Morgan fingerprint density at radius 3 is 2.37 bits per heavy atom. The molecule has 0 atom stereocenters. The minimum atomic E-state index is -4.45. The summed E-state index contributed by atoms with van der Waals surface area (Å²) in [7, 11) is 0. The molecule has 9 heteroatoms. The normalized spacial score (nSPS) is 14.7. The number of halogens is 4. The molecule has 2 N–H and O–H groups in total. The van der Waals surface area contributed by atoms with Gasteiger partial charge < -0.3 is 10.6 Å². The van der Waals surface area contributed by atoms with Crippen LogP contribution in [0.4, 0.5) is 30.6 Å². The molecule has 0 radical (unpaired) electrons. The van der Waals surface area contributed by atoms with Crippen LogP contribution in [0.15, 0.2) is 48.8 Å². The van der Waals surface area contributed by atoms with Gasteiger partial charge in [0.25, 0.3) is 0 Å². The van der Waals surface area contributed by atoms with E-state index in [2.05, 4.69) is 25.6 Å². The van der Waals surface area contributed by atoms with Crippen LogP contribution < -0.4 is 10.6 Å². The number of anilines is 3. The van der Waals surface area contributed by atoms with E-state index in [0.717, 1.165) is 43.4 Å². The third-order valence-electron chi connectivity index (χ3n) is 4.95. The predicted molar refractivity (Wildman–Crippen MR) is 111 cm³/mol. The van der Waals surface area contributed by atoms with Gasteiger partial charge in [0.05, 0.1) is 22.0 Å². The molecule has 1 saturated carbocycles. The summed E-state index contributed by atoms with van der Waals surface area (Å²) < 4.78 is 38.7. The highest BCUT2D eigenvalue weighted by Crippen LogP contribution is 2.35. The summed E-state index contributed by atoms with van der Waals surface area (Å²) in [5, 5.41) is 6.34. The summed E-state index contributed by atoms with van der Waals surface area (Å²) in [6, 6.07) is 8.86. The fourth-order valence-corrected chi connectivity index (χ4v) is 3.66. The van der Waals surface area contributed by atoms with Crippen molar-refractivity contribution in [1.82, 2.24) is 15.0 Å². The number of pyridine rings is 1. The van der Waals surface area contributed by atoms with Crippen LogP contribution in [-0.4, -0.2) is 21.0 Å². The van der Waals surface area contributed by atoms with E-state index in [4.69, 9.17) is 11.6 Å². The zero-order valence-electron chi connectivity index (χ0n) is 15.9. The Bertz CT molecular complexity index is 1020. The molecular weight excluding hydrogens is 415 g/mol. The molecule has 1 aromatic carbocycles. The minimum Gasteiger partial charge on any atom is -0.351 e. The number of nitrogens with one attached hydrogen (secondary N) is 2. The van der Waals surface area contributed by atoms with Crippen LogP contribution >= 0.6 is 11.6 Å². The van der Waals surface area contributed by atoms with Crippen LogP contribution in [-0.2, 0) is 6.18 Å². The second-order valence-electron chi connectivity index (χ2n) is 7.14. The molecule has 2 heterocycles. The first-order valence-electron chi connectivity index (χ1n) is 9.58. The van der Waals surface area contributed by atoms with Crippen LogP contribution in [0.5, 0.6) is 0 Å². The average Bonchev–Trinajstić information content (AvgIpc) is 3.22. The van der Waals surface area contributed by atoms with E-state index in [9.17, 15) is 13.2 Å². The summed E-state index contributed by atoms with van der Waals surface area (Å²) in [4.78, 5) is 13.1. The van der Waals surface area contributed by atoms with Gasteiger partial charge in [0, 0.05) is 30.1 Å². The Kier molecular flexibility index (Phi) is 5.76. The Labute approximate surface area is 176 Å². The number of hydrogen-bond donors (Lipinski definition) is 2. The number of aromatic nitrogens is 3. The van der Waals surface area contributed by atoms with E-state index >= 15 is 0 Å². The Morgan fingerprint density at radius 2 is 1.70 bits per heavy atom. The number of benzene rings is 1. The Balaban J connectivity index is 1.66. The molecule has 5 nitrogen and oxygen atoms in total. The first-order valence-corrected chi connectivity index (χ1v) is 9.96. The lowest BCUT2D eigenvalue weighted by Crippen LogP contribution is -2.17. The van der Waals surface area contributed by atoms with Crippen LogP contribution in [0.1, 0.15) is 31.2 Å². The molecule has 0 unspecified atom stereocenters. The number of rotatable bonds is 5. The lowest BCUT2D eigenvalue weighted by Gasteiger charge is -2.16. The monoisotopic (exact) mass is 433 g/mol. The number of hydrogen-bond acceptors (Lipinski definition) is 5. The molecular formula is C21H19ClF3N5. The van der Waals surface area contributed by atoms with Gasteiger partial charge in [0.15, 0.2) is 0 Å². The molecule has 0 bridgehead atoms. The van der Waals surface area contributed by atoms with E-state index in [1.807, 2.05) is 12.1 Å². The maximum atomic E-state index is 12.9. The highest BCUT2D eigenvalue weighted by atomic mass is 35.5. The molecule has 30 heavy (non-hydrogen) atoms. The summed E-state index contributed by atoms with van der Waals surface area (Å²) in [6.45, 7) is 0. The van der Waals surface area contributed by atoms with Crippen LogP contribution in [0, 0.1) is 0 Å². The fourth-order valence-electron chi connectivity index (χ4n) is 3.43. The quantitative estimate of drug-likeness (QED) is 0.493. The van der Waals surface area contributed by atoms with E-state index < -0.39 is 11.7 Å². The van der Waals surface area contributed by atoms with Gasteiger partial charge in [-0.05, 0) is 43.2 Å². The van der Waals surface area contributed by atoms with Crippen molar-refractivity contribution in [1.29, 1.82) is 0 Å². The molecule has 0 amide bonds. The van der Waals surface area contributed by atoms with Crippen LogP contribution in [0.25, 0.3) is 11.3 Å². The van der Waals surface area contributed by atoms with Crippen molar-refractivity contribution in [3.8, 4) is 11.3 Å². The van der Waals surface area contributed by atoms with Crippen molar-refractivity contribution in [2.24, 2.45) is 0 Å². The average molecular weight is 434 g/mol. The first-order chi connectivity index (χ1) is 14.4. The second-order valence-corrected chi connectivity index (χ2v) is 7.55. The van der Waals surface area contributed by atoms with Gasteiger partial charge in [-0.25, -0.2) is 4.98 Å². The smallest absolute Gasteiger partial charge is 0.351 e. The van der Waals surface area contributed by atoms with Crippen molar-refractivity contribution in [3.63, 3.8) is 0 Å². The highest BCUT2D eigenvalue weighted by molar-refractivity contribution is 6.33. The molecule has 1 aliphatic carbocycles. The molecule has 0 saturated heterocycles. The van der Waals surface area contributed by atoms with Gasteiger partial charge >= 0.3 is 6.18 Å². The zero-order valence-corrected chi connectivity index (χ0v) is 16.6. The first kappa shape index (κ1) is 20.4. The van der Waals surface area contributed by atoms with Crippen molar-refractivity contribution in [3.05, 3.63) is 59.4 Å². The minimum absolute atomic E-state index is 0.0424. The van der Waals surface area contributed by atoms with Gasteiger partial charge in [-0.2, -0.15) is 18.2 Å². The van der Waals surface area contributed by atoms with E-state index in [1.165, 1.54) is 6.07 Å². The van der Waals surface area contributed by atoms with Crippen molar-refractivity contribution in [2.75, 3.05) is 10.6 Å². The number of nitrogens with zero attached hydrogens (tertiary/aromatic N) is 3. The van der Waals surface area contributed by atoms with E-state index in [1.54, 1.807) is 18.5 Å². The van der Waals surface area contributed by atoms with Gasteiger partial charge in [-0.15, -0.1) is 0 Å². The van der Waals surface area contributed by atoms with E-state index in [0.29, 0.717) is 29.2 Å². The van der Waals surface area contributed by atoms with Crippen molar-refractivity contribution in [2.45, 2.75) is 37.9 Å². The molecule has 2 aromatic heterocycles. The third-order valence-corrected chi connectivity index (χ3v) is 5.26. The van der Waals surface area contributed by atoms with Crippen molar-refractivity contribution < 1.29 is 13.2 Å². The van der Waals surface area contributed by atoms with Gasteiger partial charge in [-0.1, -0.05) is 24.4 Å². The zero-order chi connectivity index (χ0) is 21.1. The lowest BCUT2D eigenvalue weighted by molar-refractivity contribution is -0.137. The maximum absolute atomic E-state index is 12.9. The SMILES string of the molecule is FC(F)(F)c1ccc(Nc2cc(-c3ccncc3)nc(NC3CCCC3)n2)c(Cl)c1. The Hall–Kier alpha value is -2.87. The van der Waals surface area contributed by atoms with Crippen LogP contribution in [0.3, 0.4) is 0 Å². The molecule has 156 valence electrons. The summed E-state index contributed by atoms with van der Waals surface area (Å²) in [5.41, 5.74) is 1.04. The third kappa shape index (κ3) is 4.81. The molecule has 3 aromatic rings. The van der Waals surface area contributed by atoms with Crippen molar-refractivity contribution >= 4 is 29.1 Å². The topological polar surface area (TPSA) is 62.7 Å². The van der Waals surface area contributed by atoms with E-state index in [-0.39, 0.29) is 5.02 Å². The maximum Gasteiger partial charge on any atom is 0.416 e. The fraction of sp³-hybridized carbons (Fsp3) is 0.286. The molecule has 4 rings (SSSR count). The lowest BCUT2D eigenvalue weighted by atomic mass is 10.2.